The van der Waals surface area contributed by atoms with Gasteiger partial charge in [0, 0.05) is 121 Å². The SMILES string of the molecule is CC(C)(C)c1ccnc(-c2cc(C(C)(C)C)ccn2)c1.Cc1ccc(-c2ccc(C)cn2)nc1.Cc1cccc(-c2cccc(C)n2)n1.Cc1ccnc(-c2cc(-c3ccccc3)ccn2)c1.Cc1ccnc(-c2cc(C)ccn2)c1.c1ccc(-c2ccccn2)nc1.c1ccc2cc(-c3cc4ccccc4cn3)ncc2c1.c1cnc(-c2ncccn2)nc1. The van der Waals surface area contributed by atoms with E-state index in [1.54, 1.807) is 49.3 Å². The fraction of sp³-hybridized carbons (Fsp3) is 0.140. The van der Waals surface area contributed by atoms with Crippen molar-refractivity contribution in [1.82, 2.24) is 89.7 Å². The number of hydrogen-bond acceptors (Lipinski definition) is 18. The van der Waals surface area contributed by atoms with E-state index in [4.69, 9.17) is 0 Å². The third kappa shape index (κ3) is 27.2. The van der Waals surface area contributed by atoms with Gasteiger partial charge in [0.25, 0.3) is 0 Å². The molecule has 0 atom stereocenters. The second-order valence-electron chi connectivity index (χ2n) is 31.5. The maximum atomic E-state index is 4.52. The number of rotatable bonds is 9. The molecule has 0 N–H and O–H groups in total. The van der Waals surface area contributed by atoms with E-state index >= 15 is 0 Å². The monoisotopic (exact) mass is 1640 g/mol. The van der Waals surface area contributed by atoms with E-state index in [2.05, 4.69) is 237 Å². The number of aryl methyl sites for hydroxylation is 7. The van der Waals surface area contributed by atoms with E-state index < -0.39 is 0 Å². The molecule has 0 unspecified atom stereocenters. The van der Waals surface area contributed by atoms with Crippen molar-refractivity contribution in [2.45, 2.75) is 101 Å². The topological polar surface area (TPSA) is 232 Å². The molecular formula is C107H100N18. The molecule has 0 saturated heterocycles. The van der Waals surface area contributed by atoms with Crippen molar-refractivity contribution in [1.29, 1.82) is 0 Å². The molecule has 618 valence electrons. The first-order valence-corrected chi connectivity index (χ1v) is 41.1. The van der Waals surface area contributed by atoms with Crippen molar-refractivity contribution in [2.24, 2.45) is 0 Å². The van der Waals surface area contributed by atoms with Gasteiger partial charge in [-0.1, -0.05) is 157 Å². The Morgan fingerprint density at radius 1 is 0.176 bits per heavy atom. The second-order valence-corrected chi connectivity index (χ2v) is 31.5. The van der Waals surface area contributed by atoms with E-state index in [1.807, 2.05) is 266 Å². The Balaban J connectivity index is 0.000000131. The van der Waals surface area contributed by atoms with Crippen LogP contribution in [0.1, 0.15) is 91.9 Å². The van der Waals surface area contributed by atoms with Crippen LogP contribution in [0, 0.1) is 48.5 Å². The first-order valence-electron chi connectivity index (χ1n) is 41.1. The van der Waals surface area contributed by atoms with Gasteiger partial charge in [0.15, 0.2) is 11.6 Å². The van der Waals surface area contributed by atoms with Crippen LogP contribution >= 0.6 is 0 Å². The normalized spacial score (nSPS) is 10.6. The molecule has 3 aromatic carbocycles. The maximum absolute atomic E-state index is 4.52. The number of nitrogens with zero attached hydrogens (tertiary/aromatic N) is 18. The molecular weight excluding hydrogens is 1540 g/mol. The largest absolute Gasteiger partial charge is 0.255 e. The van der Waals surface area contributed by atoms with E-state index in [0.717, 1.165) is 107 Å². The van der Waals surface area contributed by atoms with Gasteiger partial charge in [-0.3, -0.25) is 69.8 Å². The van der Waals surface area contributed by atoms with Gasteiger partial charge in [-0.15, -0.1) is 0 Å². The Morgan fingerprint density at radius 2 is 0.488 bits per heavy atom. The van der Waals surface area contributed by atoms with Crippen LogP contribution in [0.3, 0.4) is 0 Å². The van der Waals surface area contributed by atoms with E-state index in [1.165, 1.54) is 55.3 Å². The molecule has 0 fully saturated rings. The lowest BCUT2D eigenvalue weighted by Crippen LogP contribution is -2.12. The molecule has 0 saturated carbocycles. The highest BCUT2D eigenvalue weighted by Gasteiger charge is 2.18. The lowest BCUT2D eigenvalue weighted by atomic mass is 9.86. The summed E-state index contributed by atoms with van der Waals surface area (Å²) in [5.74, 6) is 1.11. The first kappa shape index (κ1) is 88.7. The van der Waals surface area contributed by atoms with Crippen LogP contribution in [0.2, 0.25) is 0 Å². The molecule has 19 rings (SSSR count). The lowest BCUT2D eigenvalue weighted by Gasteiger charge is -2.21. The van der Waals surface area contributed by atoms with E-state index in [-0.39, 0.29) is 10.8 Å². The van der Waals surface area contributed by atoms with Crippen molar-refractivity contribution in [3.05, 3.63) is 422 Å². The number of benzene rings is 3. The molecule has 16 aromatic heterocycles. The summed E-state index contributed by atoms with van der Waals surface area (Å²) in [5.41, 5.74) is 26.1. The average Bonchev–Trinajstić information content (AvgIpc) is 0.815. The van der Waals surface area contributed by atoms with Crippen molar-refractivity contribution in [2.75, 3.05) is 0 Å². The van der Waals surface area contributed by atoms with Crippen LogP contribution in [-0.2, 0) is 10.8 Å². The number of pyridine rings is 14. The Hall–Kier alpha value is -15.6. The van der Waals surface area contributed by atoms with Crippen LogP contribution in [-0.4, -0.2) is 89.7 Å². The van der Waals surface area contributed by atoms with E-state index in [9.17, 15) is 0 Å². The maximum Gasteiger partial charge on any atom is 0.197 e. The summed E-state index contributed by atoms with van der Waals surface area (Å²) < 4.78 is 0. The fourth-order valence-electron chi connectivity index (χ4n) is 12.4. The minimum atomic E-state index is 0.124. The highest BCUT2D eigenvalue weighted by molar-refractivity contribution is 5.88. The molecule has 0 aliphatic heterocycles. The van der Waals surface area contributed by atoms with Gasteiger partial charge in [0.1, 0.15) is 0 Å². The zero-order valence-electron chi connectivity index (χ0n) is 72.8. The Labute approximate surface area is 732 Å². The van der Waals surface area contributed by atoms with Gasteiger partial charge >= 0.3 is 0 Å². The zero-order chi connectivity index (χ0) is 87.8. The summed E-state index contributed by atoms with van der Waals surface area (Å²) in [4.78, 5) is 77.3. The van der Waals surface area contributed by atoms with Gasteiger partial charge in [0.05, 0.1) is 79.7 Å². The predicted octanol–water partition coefficient (Wildman–Crippen LogP) is 24.7. The summed E-state index contributed by atoms with van der Waals surface area (Å²) in [7, 11) is 0. The molecule has 125 heavy (non-hydrogen) atoms. The van der Waals surface area contributed by atoms with Crippen LogP contribution in [0.15, 0.2) is 372 Å². The molecule has 16 heterocycles. The molecule has 0 spiro atoms. The van der Waals surface area contributed by atoms with E-state index in [0.29, 0.717) is 11.6 Å². The molecule has 0 aliphatic carbocycles. The quantitative estimate of drug-likeness (QED) is 0.131. The minimum Gasteiger partial charge on any atom is -0.255 e. The molecule has 0 aliphatic rings. The number of hydrogen-bond donors (Lipinski definition) is 0. The summed E-state index contributed by atoms with van der Waals surface area (Å²) in [6.45, 7) is 27.5. The van der Waals surface area contributed by atoms with Crippen molar-refractivity contribution >= 4 is 21.5 Å². The van der Waals surface area contributed by atoms with Gasteiger partial charge in [-0.05, 0) is 278 Å². The van der Waals surface area contributed by atoms with Crippen LogP contribution in [0.4, 0.5) is 0 Å². The molecule has 19 aromatic rings. The van der Waals surface area contributed by atoms with Gasteiger partial charge in [-0.25, -0.2) is 19.9 Å². The van der Waals surface area contributed by atoms with Crippen LogP contribution < -0.4 is 0 Å². The molecule has 18 heteroatoms. The zero-order valence-corrected chi connectivity index (χ0v) is 72.8. The fourth-order valence-corrected chi connectivity index (χ4v) is 12.4. The Kier molecular flexibility index (Phi) is 31.3. The van der Waals surface area contributed by atoms with Crippen molar-refractivity contribution in [3.63, 3.8) is 0 Å². The lowest BCUT2D eigenvalue weighted by molar-refractivity contribution is 0.588. The Bertz CT molecular complexity index is 6080. The number of fused-ring (bicyclic) bond motifs is 2. The highest BCUT2D eigenvalue weighted by Crippen LogP contribution is 2.31. The summed E-state index contributed by atoms with van der Waals surface area (Å²) in [5, 5.41) is 4.67. The van der Waals surface area contributed by atoms with Crippen molar-refractivity contribution in [3.8, 4) is 102 Å². The highest BCUT2D eigenvalue weighted by atomic mass is 15.0. The molecule has 0 amide bonds. The molecule has 18 nitrogen and oxygen atoms in total. The summed E-state index contributed by atoms with van der Waals surface area (Å²) in [6.07, 6.45) is 28.8. The van der Waals surface area contributed by atoms with Crippen LogP contribution in [0.5, 0.6) is 0 Å². The molecule has 0 radical (unpaired) electrons. The average molecular weight is 1640 g/mol. The van der Waals surface area contributed by atoms with Gasteiger partial charge in [0.2, 0.25) is 0 Å². The van der Waals surface area contributed by atoms with Gasteiger partial charge < -0.3 is 0 Å². The van der Waals surface area contributed by atoms with Crippen molar-refractivity contribution < 1.29 is 0 Å². The first-order chi connectivity index (χ1) is 60.6. The van der Waals surface area contributed by atoms with Gasteiger partial charge in [-0.2, -0.15) is 0 Å². The minimum absolute atomic E-state index is 0.124. The standard InChI is InChI=1S/C18H12N2.C18H24N2.C17H14N2.3C12H12N2.C10H8N2.C8H6N4/c1-3-7-15-11-19-17(9-13(15)5-1)18-10-14-6-2-4-8-16(14)12-20-18;1-17(2,3)13-7-9-19-15(11-13)16-12-14(8-10-20-16)18(4,5)6;1-13-7-9-18-16(11-13)17-12-15(8-10-19-17)14-5-3-2-4-6-14;1-9-3-5-13-11(7-9)12-8-10(2)4-6-14-12;1-9-3-5-11(13-7-9)12-6-4-10(2)8-14-12;1-9-5-3-7-11(13-9)12-8-4-6-10(2)14-12;1-3-7-11-9(5-1)10-6-2-4-8-12-10;1-3-9-7(10-4-1)8-11-5-2-6-12-8/h1-12H;7-12H,1-6H3;2-12H,1H3;3*3-8H,1-2H3;1-8H;1-6H. The summed E-state index contributed by atoms with van der Waals surface area (Å²) in [6, 6.07) is 90.7. The summed E-state index contributed by atoms with van der Waals surface area (Å²) >= 11 is 0. The third-order valence-corrected chi connectivity index (χ3v) is 19.2. The number of aromatic nitrogens is 18. The third-order valence-electron chi connectivity index (χ3n) is 19.2. The van der Waals surface area contributed by atoms with Crippen LogP contribution in [0.25, 0.3) is 124 Å². The Morgan fingerprint density at radius 3 is 0.848 bits per heavy atom. The predicted molar refractivity (Wildman–Crippen MR) is 506 cm³/mol. The second kappa shape index (κ2) is 44.1. The smallest absolute Gasteiger partial charge is 0.197 e. The molecule has 0 bridgehead atoms.